The number of aryl methyl sites for hydroxylation is 2. The lowest BCUT2D eigenvalue weighted by Gasteiger charge is -2.10. The first kappa shape index (κ1) is 14.5. The van der Waals surface area contributed by atoms with E-state index in [-0.39, 0.29) is 12.1 Å². The number of urea groups is 1. The topological polar surface area (TPSA) is 109 Å². The molecule has 21 heavy (non-hydrogen) atoms. The monoisotopic (exact) mass is 289 g/mol. The molecule has 0 radical (unpaired) electrons. The van der Waals surface area contributed by atoms with Gasteiger partial charge in [-0.25, -0.2) is 9.59 Å². The lowest BCUT2D eigenvalue weighted by atomic mass is 10.1. The van der Waals surface area contributed by atoms with Gasteiger partial charge in [-0.1, -0.05) is 0 Å². The summed E-state index contributed by atoms with van der Waals surface area (Å²) in [6, 6.07) is 4.10. The van der Waals surface area contributed by atoms with Crippen molar-refractivity contribution in [2.24, 2.45) is 7.05 Å². The normalized spacial score (nSPS) is 10.2. The zero-order valence-corrected chi connectivity index (χ0v) is 11.6. The average molecular weight is 289 g/mol. The second-order valence-electron chi connectivity index (χ2n) is 4.50. The highest BCUT2D eigenvalue weighted by Crippen LogP contribution is 2.16. The molecule has 8 nitrogen and oxygen atoms in total. The van der Waals surface area contributed by atoms with E-state index in [1.54, 1.807) is 30.9 Å². The molecule has 0 bridgehead atoms. The minimum absolute atomic E-state index is 0.178. The highest BCUT2D eigenvalue weighted by molar-refractivity contribution is 5.92. The average Bonchev–Trinajstić information content (AvgIpc) is 2.84. The van der Waals surface area contributed by atoms with Crippen molar-refractivity contribution in [3.63, 3.8) is 0 Å². The van der Waals surface area contributed by atoms with Crippen LogP contribution >= 0.6 is 0 Å². The quantitative estimate of drug-likeness (QED) is 0.782. The number of nitrogens with zero attached hydrogens (tertiary/aromatic N) is 3. The number of hydrogen-bond donors (Lipinski definition) is 3. The molecule has 0 aliphatic carbocycles. The van der Waals surface area contributed by atoms with Crippen LogP contribution in [0, 0.1) is 6.92 Å². The lowest BCUT2D eigenvalue weighted by molar-refractivity contribution is 0.0697. The Morgan fingerprint density at radius 1 is 1.38 bits per heavy atom. The van der Waals surface area contributed by atoms with Crippen LogP contribution in [0.4, 0.5) is 10.5 Å². The molecule has 8 heteroatoms. The second kappa shape index (κ2) is 6.04. The molecule has 0 fully saturated rings. The molecular weight excluding hydrogens is 274 g/mol. The Balaban J connectivity index is 1.96. The summed E-state index contributed by atoms with van der Waals surface area (Å²) in [5.41, 5.74) is 1.40. The highest BCUT2D eigenvalue weighted by atomic mass is 16.4. The molecule has 1 heterocycles. The van der Waals surface area contributed by atoms with Crippen molar-refractivity contribution in [3.8, 4) is 0 Å². The Bertz CT molecular complexity index is 680. The molecule has 0 unspecified atom stereocenters. The molecule has 2 aromatic rings. The van der Waals surface area contributed by atoms with Gasteiger partial charge in [0.05, 0.1) is 12.1 Å². The van der Waals surface area contributed by atoms with Crippen molar-refractivity contribution in [3.05, 3.63) is 41.5 Å². The summed E-state index contributed by atoms with van der Waals surface area (Å²) < 4.78 is 1.70. The van der Waals surface area contributed by atoms with Gasteiger partial charge in [0, 0.05) is 12.7 Å². The smallest absolute Gasteiger partial charge is 0.335 e. The minimum Gasteiger partial charge on any atom is -0.478 e. The van der Waals surface area contributed by atoms with E-state index in [1.807, 2.05) is 0 Å². The van der Waals surface area contributed by atoms with E-state index in [0.29, 0.717) is 17.1 Å². The lowest BCUT2D eigenvalue weighted by Crippen LogP contribution is -2.29. The van der Waals surface area contributed by atoms with Gasteiger partial charge in [-0.15, -0.1) is 10.2 Å². The summed E-state index contributed by atoms with van der Waals surface area (Å²) in [6.45, 7) is 1.97. The van der Waals surface area contributed by atoms with Crippen LogP contribution in [0.25, 0.3) is 0 Å². The number of carboxylic acid groups (broad SMARTS) is 1. The molecule has 1 aromatic carbocycles. The number of carboxylic acids is 1. The number of rotatable bonds is 4. The fraction of sp³-hybridized carbons (Fsp3) is 0.231. The van der Waals surface area contributed by atoms with Crippen LogP contribution < -0.4 is 10.6 Å². The van der Waals surface area contributed by atoms with Crippen LogP contribution in [0.2, 0.25) is 0 Å². The molecule has 110 valence electrons. The van der Waals surface area contributed by atoms with Crippen LogP contribution in [0.1, 0.15) is 21.7 Å². The first-order chi connectivity index (χ1) is 9.97. The van der Waals surface area contributed by atoms with E-state index < -0.39 is 12.0 Å². The zero-order chi connectivity index (χ0) is 15.4. The fourth-order valence-electron chi connectivity index (χ4n) is 1.73. The van der Waals surface area contributed by atoms with Crippen LogP contribution in [0.5, 0.6) is 0 Å². The van der Waals surface area contributed by atoms with Crippen LogP contribution in [-0.2, 0) is 13.6 Å². The van der Waals surface area contributed by atoms with Crippen LogP contribution in [0.15, 0.2) is 24.5 Å². The van der Waals surface area contributed by atoms with Crippen molar-refractivity contribution in [1.29, 1.82) is 0 Å². The van der Waals surface area contributed by atoms with Crippen LogP contribution in [0.3, 0.4) is 0 Å². The number of hydrogen-bond acceptors (Lipinski definition) is 4. The maximum atomic E-state index is 11.8. The second-order valence-corrected chi connectivity index (χ2v) is 4.50. The zero-order valence-electron chi connectivity index (χ0n) is 11.6. The van der Waals surface area contributed by atoms with Gasteiger partial charge in [-0.05, 0) is 30.7 Å². The van der Waals surface area contributed by atoms with Gasteiger partial charge in [0.1, 0.15) is 6.33 Å². The predicted octanol–water partition coefficient (Wildman–Crippen LogP) is 1.14. The highest BCUT2D eigenvalue weighted by Gasteiger charge is 2.09. The Labute approximate surface area is 120 Å². The maximum Gasteiger partial charge on any atom is 0.335 e. The van der Waals surface area contributed by atoms with Gasteiger partial charge in [-0.2, -0.15) is 0 Å². The van der Waals surface area contributed by atoms with E-state index in [4.69, 9.17) is 5.11 Å². The number of anilines is 1. The van der Waals surface area contributed by atoms with Crippen molar-refractivity contribution in [2.75, 3.05) is 5.32 Å². The fourth-order valence-corrected chi connectivity index (χ4v) is 1.73. The Kier molecular flexibility index (Phi) is 4.17. The maximum absolute atomic E-state index is 11.8. The Hall–Kier alpha value is -2.90. The molecule has 2 rings (SSSR count). The third kappa shape index (κ3) is 3.56. The van der Waals surface area contributed by atoms with Crippen molar-refractivity contribution >= 4 is 17.7 Å². The molecule has 1 aromatic heterocycles. The van der Waals surface area contributed by atoms with Gasteiger partial charge in [0.25, 0.3) is 0 Å². The summed E-state index contributed by atoms with van der Waals surface area (Å²) in [7, 11) is 1.78. The van der Waals surface area contributed by atoms with E-state index in [2.05, 4.69) is 20.8 Å². The third-order valence-electron chi connectivity index (χ3n) is 2.93. The molecule has 0 atom stereocenters. The predicted molar refractivity (Wildman–Crippen MR) is 75.0 cm³/mol. The number of carbonyl (C=O) groups excluding carboxylic acids is 1. The summed E-state index contributed by atoms with van der Waals surface area (Å²) in [6.07, 6.45) is 1.55. The summed E-state index contributed by atoms with van der Waals surface area (Å²) >= 11 is 0. The minimum atomic E-state index is -1.00. The van der Waals surface area contributed by atoms with E-state index >= 15 is 0 Å². The molecule has 0 aliphatic rings. The molecule has 3 N–H and O–H groups in total. The van der Waals surface area contributed by atoms with Crippen molar-refractivity contribution < 1.29 is 14.7 Å². The SMILES string of the molecule is Cc1cc(C(=O)O)ccc1NC(=O)NCc1nncn1C. The van der Waals surface area contributed by atoms with E-state index in [9.17, 15) is 9.59 Å². The molecular formula is C13H15N5O3. The third-order valence-corrected chi connectivity index (χ3v) is 2.93. The standard InChI is InChI=1S/C13H15N5O3/c1-8-5-9(12(19)20)3-4-10(8)16-13(21)14-6-11-17-15-7-18(11)2/h3-5,7H,6H2,1-2H3,(H,19,20)(H2,14,16,21). The van der Waals surface area contributed by atoms with E-state index in [0.717, 1.165) is 0 Å². The van der Waals surface area contributed by atoms with Gasteiger partial charge in [-0.3, -0.25) is 0 Å². The summed E-state index contributed by atoms with van der Waals surface area (Å²) in [5.74, 6) is -0.375. The van der Waals surface area contributed by atoms with Gasteiger partial charge < -0.3 is 20.3 Å². The molecule has 2 amide bonds. The molecule has 0 saturated heterocycles. The first-order valence-corrected chi connectivity index (χ1v) is 6.19. The Morgan fingerprint density at radius 2 is 2.14 bits per heavy atom. The number of nitrogens with one attached hydrogen (secondary N) is 2. The number of benzene rings is 1. The first-order valence-electron chi connectivity index (χ1n) is 6.19. The van der Waals surface area contributed by atoms with Crippen molar-refractivity contribution in [2.45, 2.75) is 13.5 Å². The number of aromatic nitrogens is 3. The Morgan fingerprint density at radius 3 is 2.71 bits per heavy atom. The number of amides is 2. The largest absolute Gasteiger partial charge is 0.478 e. The number of aromatic carboxylic acids is 1. The van der Waals surface area contributed by atoms with Gasteiger partial charge in [0.2, 0.25) is 0 Å². The number of carbonyl (C=O) groups is 2. The molecule has 0 aliphatic heterocycles. The van der Waals surface area contributed by atoms with Crippen LogP contribution in [-0.4, -0.2) is 31.9 Å². The van der Waals surface area contributed by atoms with E-state index in [1.165, 1.54) is 12.1 Å². The van der Waals surface area contributed by atoms with Crippen molar-refractivity contribution in [1.82, 2.24) is 20.1 Å². The molecule has 0 saturated carbocycles. The summed E-state index contributed by atoms with van der Waals surface area (Å²) in [5, 5.41) is 21.7. The van der Waals surface area contributed by atoms with Gasteiger partial charge in [0.15, 0.2) is 5.82 Å². The summed E-state index contributed by atoms with van der Waals surface area (Å²) in [4.78, 5) is 22.6. The van der Waals surface area contributed by atoms with Gasteiger partial charge >= 0.3 is 12.0 Å². The molecule has 0 spiro atoms.